The molecule has 1 aromatic rings. The van der Waals surface area contributed by atoms with Crippen molar-refractivity contribution in [2.45, 2.75) is 44.2 Å². The lowest BCUT2D eigenvalue weighted by atomic mass is 10.1. The molecule has 4 nitrogen and oxygen atoms in total. The summed E-state index contributed by atoms with van der Waals surface area (Å²) in [6.07, 6.45) is 8.90. The molecule has 0 spiro atoms. The van der Waals surface area contributed by atoms with E-state index in [1.807, 2.05) is 6.20 Å². The number of nitrogens with zero attached hydrogens (tertiary/aromatic N) is 3. The molecule has 0 bridgehead atoms. The first kappa shape index (κ1) is 11.2. The van der Waals surface area contributed by atoms with Crippen molar-refractivity contribution >= 4 is 0 Å². The first-order valence-electron chi connectivity index (χ1n) is 6.77. The van der Waals surface area contributed by atoms with Crippen molar-refractivity contribution in [3.63, 3.8) is 0 Å². The SMILES string of the molecule is CCN1CCCC(n2cc(C3(N)CC3)cn2)C1. The van der Waals surface area contributed by atoms with Gasteiger partial charge in [-0.2, -0.15) is 5.10 Å². The molecular formula is C13H22N4. The summed E-state index contributed by atoms with van der Waals surface area (Å²) in [6.45, 7) is 5.75. The molecule has 94 valence electrons. The van der Waals surface area contributed by atoms with Gasteiger partial charge in [0.25, 0.3) is 0 Å². The molecule has 0 amide bonds. The maximum absolute atomic E-state index is 6.20. The Labute approximate surface area is 103 Å². The number of likely N-dealkylation sites (tertiary alicyclic amines) is 1. The molecule has 1 aromatic heterocycles. The lowest BCUT2D eigenvalue weighted by molar-refractivity contribution is 0.177. The van der Waals surface area contributed by atoms with Crippen LogP contribution in [0, 0.1) is 0 Å². The van der Waals surface area contributed by atoms with Gasteiger partial charge in [-0.15, -0.1) is 0 Å². The normalized spacial score (nSPS) is 28.2. The summed E-state index contributed by atoms with van der Waals surface area (Å²) in [7, 11) is 0. The fraction of sp³-hybridized carbons (Fsp3) is 0.769. The Morgan fingerprint density at radius 3 is 3.06 bits per heavy atom. The van der Waals surface area contributed by atoms with Gasteiger partial charge in [0, 0.05) is 23.8 Å². The largest absolute Gasteiger partial charge is 0.321 e. The van der Waals surface area contributed by atoms with Gasteiger partial charge in [0.1, 0.15) is 0 Å². The zero-order valence-electron chi connectivity index (χ0n) is 10.6. The Hall–Kier alpha value is -0.870. The average molecular weight is 234 g/mol. The molecule has 4 heteroatoms. The lowest BCUT2D eigenvalue weighted by Crippen LogP contribution is -2.36. The van der Waals surface area contributed by atoms with Gasteiger partial charge in [0.15, 0.2) is 0 Å². The molecule has 0 radical (unpaired) electrons. The molecule has 1 aliphatic carbocycles. The quantitative estimate of drug-likeness (QED) is 0.862. The van der Waals surface area contributed by atoms with Gasteiger partial charge < -0.3 is 10.6 Å². The Kier molecular flexibility index (Phi) is 2.71. The van der Waals surface area contributed by atoms with Crippen molar-refractivity contribution in [2.24, 2.45) is 5.73 Å². The molecule has 3 rings (SSSR count). The van der Waals surface area contributed by atoms with Crippen LogP contribution in [0.5, 0.6) is 0 Å². The van der Waals surface area contributed by atoms with Gasteiger partial charge in [-0.25, -0.2) is 0 Å². The second-order valence-corrected chi connectivity index (χ2v) is 5.55. The fourth-order valence-electron chi connectivity index (χ4n) is 2.75. The van der Waals surface area contributed by atoms with Gasteiger partial charge in [-0.05, 0) is 38.8 Å². The van der Waals surface area contributed by atoms with Crippen LogP contribution in [-0.2, 0) is 5.54 Å². The number of aromatic nitrogens is 2. The molecular weight excluding hydrogens is 212 g/mol. The van der Waals surface area contributed by atoms with E-state index < -0.39 is 0 Å². The minimum atomic E-state index is -0.0443. The number of rotatable bonds is 3. The van der Waals surface area contributed by atoms with E-state index in [1.165, 1.54) is 24.9 Å². The molecule has 2 heterocycles. The van der Waals surface area contributed by atoms with Crippen molar-refractivity contribution in [1.29, 1.82) is 0 Å². The zero-order valence-corrected chi connectivity index (χ0v) is 10.6. The minimum absolute atomic E-state index is 0.0443. The Morgan fingerprint density at radius 1 is 1.53 bits per heavy atom. The number of hydrogen-bond donors (Lipinski definition) is 1. The van der Waals surface area contributed by atoms with Gasteiger partial charge in [0.05, 0.1) is 12.2 Å². The van der Waals surface area contributed by atoms with Crippen LogP contribution in [0.15, 0.2) is 12.4 Å². The molecule has 2 aliphatic rings. The molecule has 17 heavy (non-hydrogen) atoms. The summed E-state index contributed by atoms with van der Waals surface area (Å²) in [6, 6.07) is 0.541. The first-order valence-corrected chi connectivity index (χ1v) is 6.77. The number of piperidine rings is 1. The highest BCUT2D eigenvalue weighted by Crippen LogP contribution is 2.42. The van der Waals surface area contributed by atoms with E-state index in [4.69, 9.17) is 5.73 Å². The van der Waals surface area contributed by atoms with Crippen LogP contribution < -0.4 is 5.73 Å². The van der Waals surface area contributed by atoms with E-state index in [9.17, 15) is 0 Å². The van der Waals surface area contributed by atoms with Crippen LogP contribution in [0.25, 0.3) is 0 Å². The van der Waals surface area contributed by atoms with Crippen molar-refractivity contribution in [2.75, 3.05) is 19.6 Å². The summed E-state index contributed by atoms with van der Waals surface area (Å²) in [5.74, 6) is 0. The van der Waals surface area contributed by atoms with E-state index >= 15 is 0 Å². The number of likely N-dealkylation sites (N-methyl/N-ethyl adjacent to an activating group) is 1. The molecule has 1 aliphatic heterocycles. The maximum atomic E-state index is 6.20. The lowest BCUT2D eigenvalue weighted by Gasteiger charge is -2.31. The highest BCUT2D eigenvalue weighted by molar-refractivity contribution is 5.24. The molecule has 0 aromatic carbocycles. The molecule has 1 unspecified atom stereocenters. The fourth-order valence-corrected chi connectivity index (χ4v) is 2.75. The van der Waals surface area contributed by atoms with Crippen molar-refractivity contribution in [1.82, 2.24) is 14.7 Å². The second kappa shape index (κ2) is 4.10. The summed E-state index contributed by atoms with van der Waals surface area (Å²) < 4.78 is 2.14. The van der Waals surface area contributed by atoms with Crippen molar-refractivity contribution < 1.29 is 0 Å². The summed E-state index contributed by atoms with van der Waals surface area (Å²) in [5, 5.41) is 4.53. The Morgan fingerprint density at radius 2 is 2.35 bits per heavy atom. The summed E-state index contributed by atoms with van der Waals surface area (Å²) in [4.78, 5) is 2.50. The van der Waals surface area contributed by atoms with Gasteiger partial charge >= 0.3 is 0 Å². The van der Waals surface area contributed by atoms with Crippen LogP contribution in [0.2, 0.25) is 0 Å². The molecule has 1 saturated carbocycles. The minimum Gasteiger partial charge on any atom is -0.321 e. The molecule has 1 saturated heterocycles. The third kappa shape index (κ3) is 2.11. The highest BCUT2D eigenvalue weighted by atomic mass is 15.3. The second-order valence-electron chi connectivity index (χ2n) is 5.55. The zero-order chi connectivity index (χ0) is 11.9. The topological polar surface area (TPSA) is 47.1 Å². The highest BCUT2D eigenvalue weighted by Gasteiger charge is 2.41. The first-order chi connectivity index (χ1) is 8.21. The monoisotopic (exact) mass is 234 g/mol. The van der Waals surface area contributed by atoms with E-state index in [1.54, 1.807) is 0 Å². The number of nitrogens with two attached hydrogens (primary N) is 1. The van der Waals surface area contributed by atoms with Crippen LogP contribution in [0.3, 0.4) is 0 Å². The van der Waals surface area contributed by atoms with Gasteiger partial charge in [-0.1, -0.05) is 6.92 Å². The van der Waals surface area contributed by atoms with Gasteiger partial charge in [0.2, 0.25) is 0 Å². The van der Waals surface area contributed by atoms with Crippen LogP contribution in [0.4, 0.5) is 0 Å². The predicted molar refractivity (Wildman–Crippen MR) is 67.7 cm³/mol. The van der Waals surface area contributed by atoms with Crippen LogP contribution in [-0.4, -0.2) is 34.3 Å². The van der Waals surface area contributed by atoms with Crippen molar-refractivity contribution in [3.05, 3.63) is 18.0 Å². The summed E-state index contributed by atoms with van der Waals surface area (Å²) in [5.41, 5.74) is 7.38. The Balaban J connectivity index is 1.73. The molecule has 1 atom stereocenters. The standard InChI is InChI=1S/C13H22N4/c1-2-16-7-3-4-12(10-16)17-9-11(8-15-17)13(14)5-6-13/h8-9,12H,2-7,10,14H2,1H3. The van der Waals surface area contributed by atoms with Crippen LogP contribution >= 0.6 is 0 Å². The third-order valence-electron chi connectivity index (χ3n) is 4.27. The predicted octanol–water partition coefficient (Wildman–Crippen LogP) is 1.49. The van der Waals surface area contributed by atoms with Crippen molar-refractivity contribution in [3.8, 4) is 0 Å². The third-order valence-corrected chi connectivity index (χ3v) is 4.27. The van der Waals surface area contributed by atoms with Gasteiger partial charge in [-0.3, -0.25) is 4.68 Å². The maximum Gasteiger partial charge on any atom is 0.0646 e. The van der Waals surface area contributed by atoms with Crippen LogP contribution in [0.1, 0.15) is 44.2 Å². The average Bonchev–Trinajstić information content (AvgIpc) is 2.94. The smallest absolute Gasteiger partial charge is 0.0646 e. The molecule has 2 N–H and O–H groups in total. The van der Waals surface area contributed by atoms with E-state index in [0.29, 0.717) is 6.04 Å². The van der Waals surface area contributed by atoms with E-state index in [2.05, 4.69) is 27.8 Å². The summed E-state index contributed by atoms with van der Waals surface area (Å²) >= 11 is 0. The number of hydrogen-bond acceptors (Lipinski definition) is 3. The Bertz CT molecular complexity index is 394. The molecule has 2 fully saturated rings. The van der Waals surface area contributed by atoms with E-state index in [-0.39, 0.29) is 5.54 Å². The van der Waals surface area contributed by atoms with E-state index in [0.717, 1.165) is 25.9 Å².